The van der Waals surface area contributed by atoms with Crippen LogP contribution in [0, 0.1) is 0 Å². The van der Waals surface area contributed by atoms with Crippen molar-refractivity contribution in [1.82, 2.24) is 9.44 Å². The van der Waals surface area contributed by atoms with Crippen LogP contribution in [0.2, 0.25) is 0 Å². The van der Waals surface area contributed by atoms with Crippen molar-refractivity contribution in [1.29, 1.82) is 0 Å². The maximum atomic E-state index is 12.0. The van der Waals surface area contributed by atoms with E-state index >= 15 is 0 Å². The molecule has 2 aromatic carbocycles. The fourth-order valence-corrected chi connectivity index (χ4v) is 3.72. The molecule has 0 saturated heterocycles. The van der Waals surface area contributed by atoms with E-state index in [1.54, 1.807) is 0 Å². The summed E-state index contributed by atoms with van der Waals surface area (Å²) in [5, 5.41) is 0. The predicted octanol–water partition coefficient (Wildman–Crippen LogP) is 2.31. The predicted molar refractivity (Wildman–Crippen MR) is 102 cm³/mol. The third-order valence-corrected chi connectivity index (χ3v) is 5.21. The first-order valence-electron chi connectivity index (χ1n) is 8.46. The van der Waals surface area contributed by atoms with E-state index in [0.29, 0.717) is 0 Å². The molecule has 0 aromatic heterocycles. The summed E-state index contributed by atoms with van der Waals surface area (Å²) in [6.45, 7) is 0.319. The first-order valence-corrected chi connectivity index (χ1v) is 9.61. The quantitative estimate of drug-likeness (QED) is 0.531. The summed E-state index contributed by atoms with van der Waals surface area (Å²) in [7, 11) is 2.94. The Morgan fingerprint density at radius 2 is 1.63 bits per heavy atom. The first-order chi connectivity index (χ1) is 13.1. The molecule has 8 heteroatoms. The van der Waals surface area contributed by atoms with Crippen molar-refractivity contribution in [2.75, 3.05) is 27.4 Å². The van der Waals surface area contributed by atoms with E-state index in [9.17, 15) is 9.35 Å². The van der Waals surface area contributed by atoms with Crippen LogP contribution in [0.4, 0.5) is 4.79 Å². The van der Waals surface area contributed by atoms with Gasteiger partial charge < -0.3 is 18.8 Å². The Hall–Kier alpha value is -2.10. The summed E-state index contributed by atoms with van der Waals surface area (Å²) in [5.41, 5.74) is 4.54. The van der Waals surface area contributed by atoms with E-state index in [0.717, 1.165) is 22.3 Å². The van der Waals surface area contributed by atoms with Crippen molar-refractivity contribution in [2.45, 2.75) is 12.2 Å². The topological polar surface area (TPSA) is 91.9 Å². The maximum absolute atomic E-state index is 12.0. The normalized spacial score (nSPS) is 13.9. The lowest BCUT2D eigenvalue weighted by atomic mass is 9.98. The Labute approximate surface area is 161 Å². The molecule has 2 N–H and O–H groups in total. The molecule has 1 amide bonds. The average molecular weight is 390 g/mol. The van der Waals surface area contributed by atoms with Gasteiger partial charge in [0.15, 0.2) is 17.8 Å². The van der Waals surface area contributed by atoms with Gasteiger partial charge in [-0.1, -0.05) is 48.5 Å². The van der Waals surface area contributed by atoms with E-state index in [-0.39, 0.29) is 19.1 Å². The third-order valence-electron chi connectivity index (χ3n) is 4.43. The number of nitrogens with one attached hydrogen (secondary N) is 2. The molecule has 1 aliphatic rings. The summed E-state index contributed by atoms with van der Waals surface area (Å²) in [6.07, 6.45) is -1.31. The molecule has 1 aliphatic carbocycles. The minimum atomic E-state index is -1.80. The fraction of sp³-hybridized carbons (Fsp3) is 0.316. The summed E-state index contributed by atoms with van der Waals surface area (Å²) in [5.74, 6) is -0.0455. The molecule has 2 aromatic rings. The Kier molecular flexibility index (Phi) is 6.70. The highest BCUT2D eigenvalue weighted by Gasteiger charge is 2.29. The van der Waals surface area contributed by atoms with Gasteiger partial charge in [0.1, 0.15) is 6.61 Å². The van der Waals surface area contributed by atoms with Gasteiger partial charge in [-0.3, -0.25) is 0 Å². The smallest absolute Gasteiger partial charge is 0.450 e. The molecule has 0 aliphatic heterocycles. The minimum Gasteiger partial charge on any atom is -0.573 e. The van der Waals surface area contributed by atoms with Gasteiger partial charge in [0.05, 0.1) is 6.54 Å². The van der Waals surface area contributed by atoms with Gasteiger partial charge >= 0.3 is 6.09 Å². The van der Waals surface area contributed by atoms with E-state index in [4.69, 9.17) is 14.2 Å². The zero-order valence-electron chi connectivity index (χ0n) is 15.1. The van der Waals surface area contributed by atoms with E-state index in [2.05, 4.69) is 21.6 Å². The van der Waals surface area contributed by atoms with Gasteiger partial charge in [0.25, 0.3) is 0 Å². The highest BCUT2D eigenvalue weighted by atomic mass is 32.2. The molecule has 0 radical (unpaired) electrons. The highest BCUT2D eigenvalue weighted by molar-refractivity contribution is 7.88. The molecule has 1 unspecified atom stereocenters. The van der Waals surface area contributed by atoms with Gasteiger partial charge in [-0.25, -0.2) is 4.79 Å². The lowest BCUT2D eigenvalue weighted by molar-refractivity contribution is -0.0961. The second-order valence-corrected chi connectivity index (χ2v) is 6.98. The van der Waals surface area contributed by atoms with Gasteiger partial charge in [0.2, 0.25) is 0 Å². The van der Waals surface area contributed by atoms with Crippen LogP contribution in [0.1, 0.15) is 17.0 Å². The zero-order chi connectivity index (χ0) is 19.2. The number of carbonyl (C=O) groups excluding carboxylic acids is 1. The van der Waals surface area contributed by atoms with Crippen molar-refractivity contribution >= 4 is 17.6 Å². The van der Waals surface area contributed by atoms with E-state index < -0.39 is 23.9 Å². The number of methoxy groups -OCH3 is 2. The number of carbonyl (C=O) groups is 1. The number of hydrogen-bond donors (Lipinski definition) is 2. The Bertz CT molecular complexity index is 739. The number of ether oxygens (including phenoxy) is 3. The van der Waals surface area contributed by atoms with Crippen LogP contribution in [0.5, 0.6) is 0 Å². The average Bonchev–Trinajstić information content (AvgIpc) is 3.01. The summed E-state index contributed by atoms with van der Waals surface area (Å²) < 4.78 is 32.0. The van der Waals surface area contributed by atoms with Crippen LogP contribution in [-0.4, -0.2) is 44.3 Å². The monoisotopic (exact) mass is 390 g/mol. The van der Waals surface area contributed by atoms with Crippen molar-refractivity contribution < 1.29 is 23.6 Å². The SMILES string of the molecule is COC(CN[S+]([O-])NC(=O)OCC1c2ccccc2-c2ccccc21)OC. The van der Waals surface area contributed by atoms with Crippen LogP contribution in [0.3, 0.4) is 0 Å². The lowest BCUT2D eigenvalue weighted by Gasteiger charge is -2.17. The number of fused-ring (bicyclic) bond motifs is 3. The molecule has 0 saturated carbocycles. The second-order valence-electron chi connectivity index (χ2n) is 5.95. The molecular weight excluding hydrogens is 368 g/mol. The molecule has 7 nitrogen and oxygen atoms in total. The molecule has 1 atom stereocenters. The van der Waals surface area contributed by atoms with Crippen LogP contribution in [0.25, 0.3) is 11.1 Å². The molecule has 0 spiro atoms. The van der Waals surface area contributed by atoms with E-state index in [1.165, 1.54) is 14.2 Å². The second kappa shape index (κ2) is 9.20. The molecule has 3 rings (SSSR count). The van der Waals surface area contributed by atoms with Crippen molar-refractivity contribution in [3.8, 4) is 11.1 Å². The van der Waals surface area contributed by atoms with Crippen LogP contribution >= 0.6 is 0 Å². The first kappa shape index (κ1) is 19.7. The molecule has 0 fully saturated rings. The van der Waals surface area contributed by atoms with E-state index in [1.807, 2.05) is 36.4 Å². The maximum Gasteiger partial charge on any atom is 0.450 e. The molecule has 0 bridgehead atoms. The largest absolute Gasteiger partial charge is 0.573 e. The summed E-state index contributed by atoms with van der Waals surface area (Å²) in [6, 6.07) is 16.1. The molecule has 144 valence electrons. The Balaban J connectivity index is 1.56. The fourth-order valence-electron chi connectivity index (χ4n) is 3.15. The molecule has 27 heavy (non-hydrogen) atoms. The van der Waals surface area contributed by atoms with Crippen LogP contribution in [-0.2, 0) is 25.8 Å². The zero-order valence-corrected chi connectivity index (χ0v) is 16.0. The van der Waals surface area contributed by atoms with Crippen LogP contribution < -0.4 is 9.44 Å². The number of rotatable bonds is 8. The lowest BCUT2D eigenvalue weighted by Crippen LogP contribution is -2.44. The van der Waals surface area contributed by atoms with Gasteiger partial charge in [-0.05, 0) is 22.3 Å². The summed E-state index contributed by atoms with van der Waals surface area (Å²) in [4.78, 5) is 12.0. The third kappa shape index (κ3) is 4.60. The number of amides is 1. The Morgan fingerprint density at radius 3 is 2.19 bits per heavy atom. The number of hydrogen-bond acceptors (Lipinski definition) is 6. The van der Waals surface area contributed by atoms with Gasteiger partial charge in [-0.2, -0.15) is 0 Å². The van der Waals surface area contributed by atoms with Crippen molar-refractivity contribution in [3.63, 3.8) is 0 Å². The van der Waals surface area contributed by atoms with Crippen molar-refractivity contribution in [3.05, 3.63) is 59.7 Å². The summed E-state index contributed by atoms with van der Waals surface area (Å²) >= 11 is -1.80. The minimum absolute atomic E-state index is 0.0455. The molecule has 0 heterocycles. The van der Waals surface area contributed by atoms with Gasteiger partial charge in [0, 0.05) is 20.1 Å². The standard InChI is InChI=1S/C19H22N2O5S/c1-24-18(25-2)11-20-27(23)21-19(22)26-12-17-15-9-5-3-7-13(15)14-8-4-6-10-16(14)17/h3-10,17-18,20H,11-12H2,1-2H3,(H,21,22). The van der Waals surface area contributed by atoms with Gasteiger partial charge in [-0.15, -0.1) is 9.44 Å². The van der Waals surface area contributed by atoms with Crippen molar-refractivity contribution in [2.24, 2.45) is 0 Å². The highest BCUT2D eigenvalue weighted by Crippen LogP contribution is 2.44. The van der Waals surface area contributed by atoms with Crippen LogP contribution in [0.15, 0.2) is 48.5 Å². The molecular formula is C19H22N2O5S. The Morgan fingerprint density at radius 1 is 1.07 bits per heavy atom. The number of benzene rings is 2.